The number of fused-ring (bicyclic) bond motifs is 5. The quantitative estimate of drug-likeness (QED) is 0.0215. The summed E-state index contributed by atoms with van der Waals surface area (Å²) < 4.78 is 45.6. The van der Waals surface area contributed by atoms with Crippen LogP contribution in [0.2, 0.25) is 5.02 Å². The molecule has 2 aromatic carbocycles. The molecule has 9 atom stereocenters. The number of alkyl halides is 2. The summed E-state index contributed by atoms with van der Waals surface area (Å²) in [4.78, 5) is 108. The van der Waals surface area contributed by atoms with Gasteiger partial charge in [-0.2, -0.15) is 0 Å². The number of carbonyl (C=O) groups is 8. The van der Waals surface area contributed by atoms with Gasteiger partial charge in [-0.05, 0) is 114 Å². The van der Waals surface area contributed by atoms with Crippen LogP contribution in [-0.4, -0.2) is 131 Å². The van der Waals surface area contributed by atoms with Crippen LogP contribution in [0.1, 0.15) is 129 Å². The molecule has 2 saturated heterocycles. The molecule has 23 heteroatoms. The number of Topliss-reactive ketones (excluding diaryl/α,β-unsaturated/α-hetero) is 2. The number of urea groups is 1. The fourth-order valence-corrected chi connectivity index (χ4v) is 12.6. The largest absolute Gasteiger partial charge is 0.462 e. The molecule has 0 saturated carbocycles. The van der Waals surface area contributed by atoms with E-state index in [-0.39, 0.29) is 86.3 Å². The Labute approximate surface area is 514 Å². The summed E-state index contributed by atoms with van der Waals surface area (Å²) in [5.41, 5.74) is 4.27. The SMILES string of the molecule is CO[C@@H]1/C=C/C=C(\C)Cc2cc(C)c(Cl)c(c2)N(C)C(=O)C[C@H](OC(=O)Nc2ccc(CC(=O)[C@H](CCCNC(N)=O)NC(=O)[C@@H](CC(=O)CCCCC(C)(C)OC(=O)C(CBr)CBr)C(C)C)cc2F)[C@]2(C)O[C@H]2[C@H](C)[C@@H]2C[C@@]1(O)CC(=O)O2. The molecular weight excluding hydrogens is 1240 g/mol. The number of halogens is 4. The Morgan fingerprint density at radius 3 is 2.39 bits per heavy atom. The number of nitrogens with one attached hydrogen (secondary N) is 3. The van der Waals surface area contributed by atoms with E-state index in [0.717, 1.165) is 17.2 Å². The third-order valence-corrected chi connectivity index (χ3v) is 18.0. The van der Waals surface area contributed by atoms with Gasteiger partial charge in [-0.15, -0.1) is 0 Å². The van der Waals surface area contributed by atoms with Crippen molar-refractivity contribution in [2.24, 2.45) is 29.4 Å². The monoisotopic (exact) mass is 1320 g/mol. The van der Waals surface area contributed by atoms with Gasteiger partial charge in [0.2, 0.25) is 11.8 Å². The van der Waals surface area contributed by atoms with Gasteiger partial charge in [-0.3, -0.25) is 34.1 Å². The van der Waals surface area contributed by atoms with E-state index < -0.39 is 107 Å². The molecule has 5 amide bonds. The molecule has 464 valence electrons. The molecule has 0 aliphatic carbocycles. The van der Waals surface area contributed by atoms with Gasteiger partial charge < -0.3 is 50.1 Å². The number of esters is 2. The first kappa shape index (κ1) is 69.5. The van der Waals surface area contributed by atoms with E-state index in [1.54, 1.807) is 53.0 Å². The lowest BCUT2D eigenvalue weighted by atomic mass is 9.78. The number of nitrogens with two attached hydrogens (primary N) is 1. The third-order valence-electron chi connectivity index (χ3n) is 15.9. The van der Waals surface area contributed by atoms with Gasteiger partial charge in [0.1, 0.15) is 46.7 Å². The van der Waals surface area contributed by atoms with Gasteiger partial charge in [-0.1, -0.05) is 100 Å². The van der Waals surface area contributed by atoms with Crippen LogP contribution in [0, 0.1) is 36.4 Å². The van der Waals surface area contributed by atoms with E-state index in [0.29, 0.717) is 52.6 Å². The molecule has 3 heterocycles. The number of methoxy groups -OCH3 is 1. The third kappa shape index (κ3) is 19.4. The maximum absolute atomic E-state index is 16.1. The summed E-state index contributed by atoms with van der Waals surface area (Å²) in [5.74, 6) is -5.60. The van der Waals surface area contributed by atoms with Gasteiger partial charge in [-0.25, -0.2) is 14.0 Å². The molecule has 0 aromatic heterocycles. The second-order valence-corrected chi connectivity index (χ2v) is 25.4. The number of benzene rings is 2. The zero-order valence-electron chi connectivity index (χ0n) is 49.7. The number of aliphatic hydroxyl groups is 1. The lowest BCUT2D eigenvalue weighted by molar-refractivity contribution is -0.187. The van der Waals surface area contributed by atoms with Crippen molar-refractivity contribution >= 4 is 102 Å². The summed E-state index contributed by atoms with van der Waals surface area (Å²) in [7, 11) is 2.99. The highest BCUT2D eigenvalue weighted by Gasteiger charge is 2.64. The van der Waals surface area contributed by atoms with Crippen LogP contribution < -0.4 is 26.6 Å². The smallest absolute Gasteiger partial charge is 0.412 e. The van der Waals surface area contributed by atoms with Crippen molar-refractivity contribution in [3.8, 4) is 0 Å². The summed E-state index contributed by atoms with van der Waals surface area (Å²) in [5, 5.41) is 20.9. The van der Waals surface area contributed by atoms with Gasteiger partial charge in [0.05, 0.1) is 47.3 Å². The predicted molar refractivity (Wildman–Crippen MR) is 324 cm³/mol. The van der Waals surface area contributed by atoms with Crippen molar-refractivity contribution in [3.05, 3.63) is 81.7 Å². The molecule has 84 heavy (non-hydrogen) atoms. The maximum atomic E-state index is 16.1. The maximum Gasteiger partial charge on any atom is 0.412 e. The van der Waals surface area contributed by atoms with E-state index in [1.165, 1.54) is 24.1 Å². The van der Waals surface area contributed by atoms with Crippen LogP contribution in [0.3, 0.4) is 0 Å². The lowest BCUT2D eigenvalue weighted by Gasteiger charge is -2.41. The number of ketones is 2. The first-order chi connectivity index (χ1) is 39.4. The zero-order valence-corrected chi connectivity index (χ0v) is 53.6. The van der Waals surface area contributed by atoms with Crippen LogP contribution in [0.5, 0.6) is 0 Å². The fraction of sp³-hybridized carbons (Fsp3) is 0.607. The fourth-order valence-electron chi connectivity index (χ4n) is 10.8. The minimum absolute atomic E-state index is 0.0228. The molecule has 2 fully saturated rings. The topological polar surface area (TPSA) is 272 Å². The summed E-state index contributed by atoms with van der Waals surface area (Å²) >= 11 is 13.5. The average molecular weight is 1320 g/mol. The van der Waals surface area contributed by atoms with Crippen molar-refractivity contribution in [1.82, 2.24) is 10.6 Å². The highest BCUT2D eigenvalue weighted by molar-refractivity contribution is 9.09. The molecule has 0 spiro atoms. The Hall–Kier alpha value is -5.26. The predicted octanol–water partition coefficient (Wildman–Crippen LogP) is 9.63. The number of ether oxygens (including phenoxy) is 5. The number of carbonyl (C=O) groups excluding carboxylic acids is 8. The number of anilines is 2. The number of primary amides is 1. The van der Waals surface area contributed by atoms with Crippen LogP contribution in [0.25, 0.3) is 0 Å². The highest BCUT2D eigenvalue weighted by atomic mass is 79.9. The van der Waals surface area contributed by atoms with E-state index in [1.807, 2.05) is 39.8 Å². The summed E-state index contributed by atoms with van der Waals surface area (Å²) in [6, 6.07) is 5.55. The second kappa shape index (κ2) is 30.9. The van der Waals surface area contributed by atoms with Crippen molar-refractivity contribution in [2.45, 2.75) is 180 Å². The Morgan fingerprint density at radius 2 is 1.75 bits per heavy atom. The van der Waals surface area contributed by atoms with Crippen LogP contribution in [0.4, 0.5) is 25.4 Å². The molecule has 0 unspecified atom stereocenters. The Balaban J connectivity index is 1.31. The van der Waals surface area contributed by atoms with Gasteiger partial charge in [0.15, 0.2) is 5.78 Å². The molecule has 4 bridgehead atoms. The molecular formula is C61H83Br2ClFN5O14. The van der Waals surface area contributed by atoms with Crippen molar-refractivity contribution in [3.63, 3.8) is 0 Å². The van der Waals surface area contributed by atoms with E-state index >= 15 is 4.39 Å². The summed E-state index contributed by atoms with van der Waals surface area (Å²) in [6.45, 7) is 14.5. The molecule has 5 rings (SSSR count). The molecule has 3 aliphatic rings. The van der Waals surface area contributed by atoms with E-state index in [2.05, 4.69) is 47.8 Å². The Bertz CT molecular complexity index is 2800. The van der Waals surface area contributed by atoms with E-state index in [4.69, 9.17) is 41.0 Å². The number of allylic oxidation sites excluding steroid dienone is 3. The van der Waals surface area contributed by atoms with Crippen LogP contribution >= 0.6 is 43.5 Å². The lowest BCUT2D eigenvalue weighted by Crippen LogP contribution is -2.53. The number of epoxide rings is 1. The molecule has 0 radical (unpaired) electrons. The van der Waals surface area contributed by atoms with Crippen molar-refractivity contribution in [1.29, 1.82) is 0 Å². The first-order valence-electron chi connectivity index (χ1n) is 28.5. The molecule has 2 aromatic rings. The van der Waals surface area contributed by atoms with Gasteiger partial charge in [0.25, 0.3) is 0 Å². The summed E-state index contributed by atoms with van der Waals surface area (Å²) in [6.07, 6.45) is 1.68. The number of aryl methyl sites for hydroxylation is 1. The zero-order chi connectivity index (χ0) is 62.4. The number of unbranched alkanes of at least 4 members (excludes halogenated alkanes) is 1. The normalized spacial score (nSPS) is 24.6. The van der Waals surface area contributed by atoms with Crippen LogP contribution in [0.15, 0.2) is 54.1 Å². The number of hydrogen-bond acceptors (Lipinski definition) is 14. The Kier molecular flexibility index (Phi) is 25.6. The number of nitrogens with zero attached hydrogens (tertiary/aromatic N) is 1. The minimum atomic E-state index is -1.66. The Morgan fingerprint density at radius 1 is 1.05 bits per heavy atom. The first-order valence-corrected chi connectivity index (χ1v) is 31.1. The van der Waals surface area contributed by atoms with Crippen LogP contribution in [-0.2, 0) is 65.3 Å². The average Bonchev–Trinajstić information content (AvgIpc) is 1.73. The number of hydrogen-bond donors (Lipinski definition) is 5. The molecule has 19 nitrogen and oxygen atoms in total. The standard InChI is InChI=1S/C61H83Br2ClFN5O14/c1-34(2)42(28-41(71)16-11-12-21-59(6,7)84-56(76)40(32-62)33-63)55(75)68-45(17-14-22-67-57(66)77)47(72)27-38-19-20-44(43(65)25-38)69-58(78)82-50-29-51(73)70(9)46-26-39(24-36(4)53(46)64)23-35(3)15-13-18-49(80-10)61(79)30-48(81-52(74)31-61)37(5)54-60(50,8)83-54/h13,15,18-20,24-26,34,37,40,42,45,48-50,54,79H,11-12,14,16-17,21-23,27-33H2,1-10H3,(H,68,75)(H,69,78)(H3,66,67,77)/b18-13+,35-15+/t37-,42+,45+,48+,49-,50+,54+,60+,61-/m1/s1. The highest BCUT2D eigenvalue weighted by Crippen LogP contribution is 2.50. The molecule has 3 aliphatic heterocycles. The number of rotatable bonds is 24. The van der Waals surface area contributed by atoms with Gasteiger partial charge in [0, 0.05) is 68.9 Å². The van der Waals surface area contributed by atoms with Gasteiger partial charge >= 0.3 is 24.1 Å². The second-order valence-electron chi connectivity index (χ2n) is 23.7. The molecule has 6 N–H and O–H groups in total. The minimum Gasteiger partial charge on any atom is -0.462 e. The van der Waals surface area contributed by atoms with Crippen molar-refractivity contribution < 1.29 is 71.5 Å². The number of amides is 5. The van der Waals surface area contributed by atoms with E-state index in [9.17, 15) is 43.5 Å². The van der Waals surface area contributed by atoms with Crippen molar-refractivity contribution in [2.75, 3.05) is 41.6 Å².